The minimum atomic E-state index is -0.349. The van der Waals surface area contributed by atoms with Crippen LogP contribution in [0.25, 0.3) is 17.1 Å². The molecule has 108 valence electrons. The highest BCUT2D eigenvalue weighted by atomic mass is 35.5. The largest absolute Gasteiger partial charge is 0.297 e. The number of aromatic nitrogens is 4. The highest BCUT2D eigenvalue weighted by molar-refractivity contribution is 6.33. The summed E-state index contributed by atoms with van der Waals surface area (Å²) < 4.78 is 18.0. The average Bonchev–Trinajstić information content (AvgIpc) is 3.11. The second kappa shape index (κ2) is 5.33. The molecule has 0 N–H and O–H groups in total. The van der Waals surface area contributed by atoms with Gasteiger partial charge in [0.25, 0.3) is 0 Å². The molecule has 6 heteroatoms. The third kappa shape index (κ3) is 2.34. The summed E-state index contributed by atoms with van der Waals surface area (Å²) in [6.45, 7) is 4.48. The van der Waals surface area contributed by atoms with Crippen LogP contribution >= 0.6 is 11.6 Å². The van der Waals surface area contributed by atoms with Crippen LogP contribution in [0.5, 0.6) is 0 Å². The van der Waals surface area contributed by atoms with Gasteiger partial charge in [0, 0.05) is 25.1 Å². The third-order valence-electron chi connectivity index (χ3n) is 3.37. The fraction of sp³-hybridized carbons (Fsp3) is 0.200. The first-order valence-electron chi connectivity index (χ1n) is 6.63. The Morgan fingerprint density at radius 1 is 1.33 bits per heavy atom. The Morgan fingerprint density at radius 2 is 2.14 bits per heavy atom. The summed E-state index contributed by atoms with van der Waals surface area (Å²) in [5.41, 5.74) is 1.67. The first-order valence-corrected chi connectivity index (χ1v) is 7.00. The minimum Gasteiger partial charge on any atom is -0.297 e. The lowest BCUT2D eigenvalue weighted by molar-refractivity contribution is 0.620. The van der Waals surface area contributed by atoms with E-state index in [1.165, 1.54) is 0 Å². The van der Waals surface area contributed by atoms with E-state index in [0.29, 0.717) is 22.0 Å². The van der Waals surface area contributed by atoms with Gasteiger partial charge in [-0.15, -0.1) is 0 Å². The van der Waals surface area contributed by atoms with Crippen LogP contribution in [-0.4, -0.2) is 19.3 Å². The second-order valence-electron chi connectivity index (χ2n) is 4.73. The molecule has 0 fully saturated rings. The van der Waals surface area contributed by atoms with Gasteiger partial charge >= 0.3 is 0 Å². The lowest BCUT2D eigenvalue weighted by Crippen LogP contribution is -1.99. The fourth-order valence-electron chi connectivity index (χ4n) is 2.21. The van der Waals surface area contributed by atoms with Crippen LogP contribution in [-0.2, 0) is 6.54 Å². The normalized spacial score (nSPS) is 11.0. The molecule has 0 saturated heterocycles. The Kier molecular flexibility index (Phi) is 3.51. The average molecular weight is 305 g/mol. The van der Waals surface area contributed by atoms with Gasteiger partial charge in [0.2, 0.25) is 0 Å². The number of rotatable bonds is 3. The number of hydrogen-bond donors (Lipinski definition) is 0. The van der Waals surface area contributed by atoms with Gasteiger partial charge in [-0.3, -0.25) is 9.25 Å². The van der Waals surface area contributed by atoms with Gasteiger partial charge in [0.1, 0.15) is 11.6 Å². The van der Waals surface area contributed by atoms with Gasteiger partial charge in [-0.1, -0.05) is 17.7 Å². The zero-order valence-electron chi connectivity index (χ0n) is 11.7. The van der Waals surface area contributed by atoms with E-state index in [1.807, 2.05) is 13.1 Å². The van der Waals surface area contributed by atoms with Gasteiger partial charge in [0.15, 0.2) is 0 Å². The Hall–Kier alpha value is -2.14. The van der Waals surface area contributed by atoms with E-state index in [4.69, 9.17) is 11.6 Å². The molecule has 21 heavy (non-hydrogen) atoms. The number of aryl methyl sites for hydroxylation is 2. The van der Waals surface area contributed by atoms with Crippen molar-refractivity contribution in [3.63, 3.8) is 0 Å². The van der Waals surface area contributed by atoms with E-state index < -0.39 is 0 Å². The van der Waals surface area contributed by atoms with Crippen molar-refractivity contribution in [3.05, 3.63) is 53.3 Å². The maximum absolute atomic E-state index is 14.4. The van der Waals surface area contributed by atoms with Crippen molar-refractivity contribution in [3.8, 4) is 17.1 Å². The van der Waals surface area contributed by atoms with Crippen LogP contribution in [0.2, 0.25) is 5.02 Å². The lowest BCUT2D eigenvalue weighted by atomic mass is 10.1. The molecule has 0 bridgehead atoms. The molecule has 0 aliphatic rings. The molecule has 4 nitrogen and oxygen atoms in total. The second-order valence-corrected chi connectivity index (χ2v) is 5.14. The molecule has 0 saturated carbocycles. The molecule has 0 radical (unpaired) electrons. The van der Waals surface area contributed by atoms with Crippen molar-refractivity contribution in [2.75, 3.05) is 0 Å². The first kappa shape index (κ1) is 13.8. The van der Waals surface area contributed by atoms with Gasteiger partial charge in [-0.05, 0) is 25.5 Å². The van der Waals surface area contributed by atoms with E-state index in [1.54, 1.807) is 46.9 Å². The molecule has 0 atom stereocenters. The molecule has 0 spiro atoms. The van der Waals surface area contributed by atoms with Crippen molar-refractivity contribution in [1.29, 1.82) is 0 Å². The van der Waals surface area contributed by atoms with Crippen LogP contribution in [0, 0.1) is 12.7 Å². The molecule has 2 heterocycles. The summed E-state index contributed by atoms with van der Waals surface area (Å²) in [6.07, 6.45) is 6.99. The number of halogens is 2. The molecule has 1 aromatic carbocycles. The molecule has 3 aromatic rings. The lowest BCUT2D eigenvalue weighted by Gasteiger charge is -2.09. The number of imidazole rings is 1. The van der Waals surface area contributed by atoms with Crippen molar-refractivity contribution >= 4 is 11.6 Å². The van der Waals surface area contributed by atoms with E-state index in [-0.39, 0.29) is 5.82 Å². The maximum atomic E-state index is 14.4. The fourth-order valence-corrected chi connectivity index (χ4v) is 2.44. The Bertz CT molecular complexity index is 791. The minimum absolute atomic E-state index is 0.311. The van der Waals surface area contributed by atoms with E-state index >= 15 is 0 Å². The van der Waals surface area contributed by atoms with Gasteiger partial charge in [0.05, 0.1) is 22.5 Å². The third-order valence-corrected chi connectivity index (χ3v) is 3.69. The van der Waals surface area contributed by atoms with Crippen LogP contribution in [0.1, 0.15) is 12.5 Å². The standard InChI is InChI=1S/C15H14ClFN4/c1-3-20-9-11(8-19-20)21-7-6-18-15(21)13-12(16)5-4-10(2)14(13)17/h4-9H,3H2,1-2H3. The molecular weight excluding hydrogens is 291 g/mol. The van der Waals surface area contributed by atoms with Crippen molar-refractivity contribution in [2.24, 2.45) is 0 Å². The molecule has 0 aliphatic carbocycles. The number of hydrogen-bond acceptors (Lipinski definition) is 2. The van der Waals surface area contributed by atoms with Crippen LogP contribution < -0.4 is 0 Å². The maximum Gasteiger partial charge on any atom is 0.149 e. The zero-order valence-corrected chi connectivity index (χ0v) is 12.5. The summed E-state index contributed by atoms with van der Waals surface area (Å²) in [6, 6.07) is 3.34. The predicted octanol–water partition coefficient (Wildman–Crippen LogP) is 3.86. The van der Waals surface area contributed by atoms with Gasteiger partial charge in [-0.2, -0.15) is 5.10 Å². The van der Waals surface area contributed by atoms with Crippen molar-refractivity contribution < 1.29 is 4.39 Å². The van der Waals surface area contributed by atoms with Crippen molar-refractivity contribution in [2.45, 2.75) is 20.4 Å². The summed E-state index contributed by atoms with van der Waals surface area (Å²) >= 11 is 6.17. The SMILES string of the molecule is CCn1cc(-n2ccnc2-c2c(Cl)ccc(C)c2F)cn1. The van der Waals surface area contributed by atoms with E-state index in [9.17, 15) is 4.39 Å². The van der Waals surface area contributed by atoms with Gasteiger partial charge < -0.3 is 0 Å². The van der Waals surface area contributed by atoms with E-state index in [0.717, 1.165) is 12.2 Å². The van der Waals surface area contributed by atoms with Crippen LogP contribution in [0.3, 0.4) is 0 Å². The van der Waals surface area contributed by atoms with E-state index in [2.05, 4.69) is 10.1 Å². The summed E-state index contributed by atoms with van der Waals surface area (Å²) in [5.74, 6) is 0.120. The molecule has 0 aliphatic heterocycles. The van der Waals surface area contributed by atoms with Crippen molar-refractivity contribution in [1.82, 2.24) is 19.3 Å². The summed E-state index contributed by atoms with van der Waals surface area (Å²) in [4.78, 5) is 4.26. The number of nitrogens with zero attached hydrogens (tertiary/aromatic N) is 4. The predicted molar refractivity (Wildman–Crippen MR) is 80.2 cm³/mol. The molecular formula is C15H14ClFN4. The van der Waals surface area contributed by atoms with Crippen LogP contribution in [0.4, 0.5) is 4.39 Å². The smallest absolute Gasteiger partial charge is 0.149 e. The highest BCUT2D eigenvalue weighted by Gasteiger charge is 2.18. The molecule has 0 amide bonds. The highest BCUT2D eigenvalue weighted by Crippen LogP contribution is 2.32. The molecule has 0 unspecified atom stereocenters. The summed E-state index contributed by atoms with van der Waals surface area (Å²) in [7, 11) is 0. The molecule has 2 aromatic heterocycles. The summed E-state index contributed by atoms with van der Waals surface area (Å²) in [5, 5.41) is 4.57. The first-order chi connectivity index (χ1) is 10.1. The Morgan fingerprint density at radius 3 is 2.86 bits per heavy atom. The quantitative estimate of drug-likeness (QED) is 0.736. The van der Waals surface area contributed by atoms with Gasteiger partial charge in [-0.25, -0.2) is 9.37 Å². The Labute approximate surface area is 126 Å². The monoisotopic (exact) mass is 304 g/mol. The molecule has 3 rings (SSSR count). The number of benzene rings is 1. The Balaban J connectivity index is 2.18. The zero-order chi connectivity index (χ0) is 15.0. The topological polar surface area (TPSA) is 35.6 Å². The van der Waals surface area contributed by atoms with Crippen LogP contribution in [0.15, 0.2) is 36.9 Å².